The number of nitrogen functional groups attached to an aromatic ring is 1. The van der Waals surface area contributed by atoms with Gasteiger partial charge in [-0.2, -0.15) is 5.10 Å². The predicted octanol–water partition coefficient (Wildman–Crippen LogP) is 2.89. The Kier molecular flexibility index (Phi) is 3.65. The van der Waals surface area contributed by atoms with Gasteiger partial charge in [0, 0.05) is 24.2 Å². The zero-order chi connectivity index (χ0) is 15.6. The van der Waals surface area contributed by atoms with Gasteiger partial charge in [0.25, 0.3) is 0 Å². The minimum Gasteiger partial charge on any atom is -0.383 e. The molecule has 23 heavy (non-hydrogen) atoms. The highest BCUT2D eigenvalue weighted by atomic mass is 15.2. The monoisotopic (exact) mass is 308 g/mol. The van der Waals surface area contributed by atoms with Crippen LogP contribution in [-0.4, -0.2) is 24.6 Å². The topological polar surface area (TPSA) is 82.0 Å². The Morgan fingerprint density at radius 3 is 2.83 bits per heavy atom. The lowest BCUT2D eigenvalue weighted by atomic mass is 9.85. The van der Waals surface area contributed by atoms with Gasteiger partial charge in [0.05, 0.1) is 23.5 Å². The van der Waals surface area contributed by atoms with Crippen LogP contribution in [0.3, 0.4) is 0 Å². The smallest absolute Gasteiger partial charge is 0.165 e. The Hall–Kier alpha value is -2.50. The van der Waals surface area contributed by atoms with E-state index in [1.807, 2.05) is 6.20 Å². The first kappa shape index (κ1) is 14.1. The highest BCUT2D eigenvalue weighted by Gasteiger charge is 2.17. The van der Waals surface area contributed by atoms with Crippen LogP contribution in [0.15, 0.2) is 31.0 Å². The van der Waals surface area contributed by atoms with E-state index in [1.165, 1.54) is 32.1 Å². The van der Waals surface area contributed by atoms with E-state index >= 15 is 0 Å². The quantitative estimate of drug-likeness (QED) is 0.804. The highest BCUT2D eigenvalue weighted by Crippen LogP contribution is 2.29. The lowest BCUT2D eigenvalue weighted by molar-refractivity contribution is 0.356. The number of hydrogen-bond acceptors (Lipinski definition) is 5. The van der Waals surface area contributed by atoms with Gasteiger partial charge in [0.2, 0.25) is 0 Å². The number of rotatable bonds is 3. The minimum atomic E-state index is 0.587. The molecule has 0 aliphatic heterocycles. The van der Waals surface area contributed by atoms with Crippen molar-refractivity contribution in [3.63, 3.8) is 0 Å². The second-order valence-electron chi connectivity index (χ2n) is 6.28. The van der Waals surface area contributed by atoms with Gasteiger partial charge in [0.1, 0.15) is 5.82 Å². The fourth-order valence-corrected chi connectivity index (χ4v) is 3.42. The van der Waals surface area contributed by atoms with Crippen molar-refractivity contribution in [2.75, 3.05) is 5.73 Å². The third-order valence-corrected chi connectivity index (χ3v) is 4.70. The van der Waals surface area contributed by atoms with Crippen LogP contribution in [0.4, 0.5) is 5.82 Å². The van der Waals surface area contributed by atoms with E-state index in [1.54, 1.807) is 29.3 Å². The van der Waals surface area contributed by atoms with Crippen molar-refractivity contribution in [1.29, 1.82) is 0 Å². The van der Waals surface area contributed by atoms with E-state index in [9.17, 15) is 0 Å². The van der Waals surface area contributed by atoms with Crippen LogP contribution in [-0.2, 0) is 6.42 Å². The SMILES string of the molecule is Nc1nc(-c2cnn3ccncc23)ncc1CC1CCCCC1. The Balaban J connectivity index is 1.62. The normalized spacial score (nSPS) is 16.0. The molecule has 3 aromatic rings. The van der Waals surface area contributed by atoms with Crippen molar-refractivity contribution in [1.82, 2.24) is 24.6 Å². The summed E-state index contributed by atoms with van der Waals surface area (Å²) in [7, 11) is 0. The standard InChI is InChI=1S/C17H20N6/c18-16-13(8-12-4-2-1-3-5-12)9-20-17(22-16)14-10-21-23-7-6-19-11-15(14)23/h6-7,9-12H,1-5,8H2,(H2,18,20,22). The summed E-state index contributed by atoms with van der Waals surface area (Å²) in [6.07, 6.45) is 16.5. The van der Waals surface area contributed by atoms with Gasteiger partial charge in [-0.1, -0.05) is 32.1 Å². The van der Waals surface area contributed by atoms with E-state index in [2.05, 4.69) is 20.1 Å². The molecule has 1 aliphatic carbocycles. The second kappa shape index (κ2) is 5.95. The Morgan fingerprint density at radius 1 is 1.13 bits per heavy atom. The zero-order valence-electron chi connectivity index (χ0n) is 13.0. The predicted molar refractivity (Wildman–Crippen MR) is 88.7 cm³/mol. The van der Waals surface area contributed by atoms with Crippen LogP contribution in [0.5, 0.6) is 0 Å². The van der Waals surface area contributed by atoms with Crippen LogP contribution in [0, 0.1) is 5.92 Å². The molecule has 1 fully saturated rings. The minimum absolute atomic E-state index is 0.587. The average Bonchev–Trinajstić information content (AvgIpc) is 3.02. The molecule has 118 valence electrons. The van der Waals surface area contributed by atoms with Crippen LogP contribution in [0.2, 0.25) is 0 Å². The molecule has 0 radical (unpaired) electrons. The van der Waals surface area contributed by atoms with E-state index in [4.69, 9.17) is 5.73 Å². The van der Waals surface area contributed by atoms with Crippen LogP contribution in [0.25, 0.3) is 16.9 Å². The van der Waals surface area contributed by atoms with E-state index in [-0.39, 0.29) is 0 Å². The number of nitrogens with zero attached hydrogens (tertiary/aromatic N) is 5. The Bertz CT molecular complexity index is 819. The maximum atomic E-state index is 6.19. The third-order valence-electron chi connectivity index (χ3n) is 4.70. The molecule has 0 saturated heterocycles. The second-order valence-corrected chi connectivity index (χ2v) is 6.28. The molecule has 0 bridgehead atoms. The fraction of sp³-hybridized carbons (Fsp3) is 0.412. The molecule has 2 N–H and O–H groups in total. The molecule has 0 atom stereocenters. The van der Waals surface area contributed by atoms with Gasteiger partial charge in [0.15, 0.2) is 5.82 Å². The van der Waals surface area contributed by atoms with E-state index < -0.39 is 0 Å². The number of anilines is 1. The first-order chi connectivity index (χ1) is 11.3. The van der Waals surface area contributed by atoms with Gasteiger partial charge in [-0.3, -0.25) is 4.98 Å². The van der Waals surface area contributed by atoms with Gasteiger partial charge in [-0.25, -0.2) is 14.5 Å². The molecular formula is C17H20N6. The van der Waals surface area contributed by atoms with Crippen molar-refractivity contribution < 1.29 is 0 Å². The molecule has 0 aromatic carbocycles. The van der Waals surface area contributed by atoms with Crippen LogP contribution in [0.1, 0.15) is 37.7 Å². The van der Waals surface area contributed by atoms with Gasteiger partial charge in [-0.05, 0) is 12.3 Å². The summed E-state index contributed by atoms with van der Waals surface area (Å²) in [6.45, 7) is 0. The molecule has 6 nitrogen and oxygen atoms in total. The Morgan fingerprint density at radius 2 is 2.00 bits per heavy atom. The van der Waals surface area contributed by atoms with Crippen LogP contribution >= 0.6 is 0 Å². The summed E-state index contributed by atoms with van der Waals surface area (Å²) in [5.41, 5.74) is 9.00. The number of fused-ring (bicyclic) bond motifs is 1. The molecule has 0 amide bonds. The summed E-state index contributed by atoms with van der Waals surface area (Å²) < 4.78 is 1.76. The summed E-state index contributed by atoms with van der Waals surface area (Å²) >= 11 is 0. The maximum absolute atomic E-state index is 6.19. The maximum Gasteiger partial charge on any atom is 0.165 e. The summed E-state index contributed by atoms with van der Waals surface area (Å²) in [6, 6.07) is 0. The first-order valence-electron chi connectivity index (χ1n) is 8.20. The van der Waals surface area contributed by atoms with Crippen molar-refractivity contribution in [2.24, 2.45) is 5.92 Å². The van der Waals surface area contributed by atoms with E-state index in [0.717, 1.165) is 29.0 Å². The van der Waals surface area contributed by atoms with Crippen LogP contribution < -0.4 is 5.73 Å². The molecular weight excluding hydrogens is 288 g/mol. The van der Waals surface area contributed by atoms with Gasteiger partial charge >= 0.3 is 0 Å². The fourth-order valence-electron chi connectivity index (χ4n) is 3.42. The number of hydrogen-bond donors (Lipinski definition) is 1. The van der Waals surface area contributed by atoms with Crippen molar-refractivity contribution in [2.45, 2.75) is 38.5 Å². The Labute approximate surface area is 134 Å². The third kappa shape index (κ3) is 2.76. The number of aromatic nitrogens is 5. The molecule has 3 heterocycles. The average molecular weight is 308 g/mol. The van der Waals surface area contributed by atoms with Crippen molar-refractivity contribution in [3.05, 3.63) is 36.5 Å². The molecule has 6 heteroatoms. The summed E-state index contributed by atoms with van der Waals surface area (Å²) in [5.74, 6) is 1.92. The van der Waals surface area contributed by atoms with Crippen molar-refractivity contribution >= 4 is 11.3 Å². The molecule has 0 spiro atoms. The molecule has 0 unspecified atom stereocenters. The zero-order valence-corrected chi connectivity index (χ0v) is 13.0. The largest absolute Gasteiger partial charge is 0.383 e. The lowest BCUT2D eigenvalue weighted by Gasteiger charge is -2.21. The van der Waals surface area contributed by atoms with Crippen molar-refractivity contribution in [3.8, 4) is 11.4 Å². The molecule has 3 aromatic heterocycles. The summed E-state index contributed by atoms with van der Waals surface area (Å²) in [5, 5.41) is 4.30. The molecule has 1 saturated carbocycles. The molecule has 1 aliphatic rings. The number of nitrogens with two attached hydrogens (primary N) is 1. The summed E-state index contributed by atoms with van der Waals surface area (Å²) in [4.78, 5) is 13.2. The van der Waals surface area contributed by atoms with E-state index in [0.29, 0.717) is 11.6 Å². The van der Waals surface area contributed by atoms with Gasteiger partial charge in [-0.15, -0.1) is 0 Å². The first-order valence-corrected chi connectivity index (χ1v) is 8.20. The van der Waals surface area contributed by atoms with Gasteiger partial charge < -0.3 is 5.73 Å². The molecule has 4 rings (SSSR count). The lowest BCUT2D eigenvalue weighted by Crippen LogP contribution is -2.11. The highest BCUT2D eigenvalue weighted by molar-refractivity contribution is 5.75.